The number of nitrogens with zero attached hydrogens (tertiary/aromatic N) is 1. The molecule has 3 heteroatoms. The lowest BCUT2D eigenvalue weighted by atomic mass is 9.95. The first-order valence-electron chi connectivity index (χ1n) is 9.46. The summed E-state index contributed by atoms with van der Waals surface area (Å²) in [5.41, 5.74) is 6.10. The molecule has 0 aliphatic heterocycles. The highest BCUT2D eigenvalue weighted by Gasteiger charge is 2.15. The summed E-state index contributed by atoms with van der Waals surface area (Å²) in [6.45, 7) is 2.59. The average molecular weight is 366 g/mol. The highest BCUT2D eigenvalue weighted by Crippen LogP contribution is 2.29. The number of aromatic nitrogens is 1. The molecule has 1 amide bonds. The van der Waals surface area contributed by atoms with Crippen LogP contribution in [0.3, 0.4) is 0 Å². The maximum atomic E-state index is 12.7. The lowest BCUT2D eigenvalue weighted by Gasteiger charge is -2.15. The number of amides is 1. The molecule has 28 heavy (non-hydrogen) atoms. The molecule has 3 aromatic carbocycles. The van der Waals surface area contributed by atoms with E-state index in [1.165, 1.54) is 0 Å². The Hall–Kier alpha value is -3.46. The molecular formula is C25H22N2O. The number of hydrogen-bond donors (Lipinski definition) is 1. The Balaban J connectivity index is 1.67. The minimum Gasteiger partial charge on any atom is -0.352 e. The Bertz CT molecular complexity index is 1110. The minimum atomic E-state index is 0.0160. The summed E-state index contributed by atoms with van der Waals surface area (Å²) < 4.78 is 0. The van der Waals surface area contributed by atoms with Gasteiger partial charge in [0.05, 0.1) is 17.6 Å². The van der Waals surface area contributed by atoms with Crippen LogP contribution in [0.15, 0.2) is 84.9 Å². The zero-order valence-corrected chi connectivity index (χ0v) is 15.9. The average Bonchev–Trinajstić information content (AvgIpc) is 2.75. The topological polar surface area (TPSA) is 42.0 Å². The van der Waals surface area contributed by atoms with Gasteiger partial charge in [0, 0.05) is 17.5 Å². The van der Waals surface area contributed by atoms with Gasteiger partial charge >= 0.3 is 0 Å². The van der Waals surface area contributed by atoms with Gasteiger partial charge in [-0.25, -0.2) is 4.98 Å². The van der Waals surface area contributed by atoms with Crippen LogP contribution in [0.25, 0.3) is 22.2 Å². The first-order valence-corrected chi connectivity index (χ1v) is 9.46. The maximum absolute atomic E-state index is 12.7. The van der Waals surface area contributed by atoms with E-state index in [1.54, 1.807) is 0 Å². The van der Waals surface area contributed by atoms with Crippen LogP contribution in [0.4, 0.5) is 0 Å². The van der Waals surface area contributed by atoms with Gasteiger partial charge in [-0.1, -0.05) is 78.9 Å². The third-order valence-corrected chi connectivity index (χ3v) is 4.99. The molecule has 0 radical (unpaired) electrons. The van der Waals surface area contributed by atoms with Crippen molar-refractivity contribution < 1.29 is 4.79 Å². The van der Waals surface area contributed by atoms with Crippen molar-refractivity contribution in [2.24, 2.45) is 0 Å². The molecule has 1 heterocycles. The van der Waals surface area contributed by atoms with E-state index in [2.05, 4.69) is 24.4 Å². The number of rotatable bonds is 5. The monoisotopic (exact) mass is 366 g/mol. The lowest BCUT2D eigenvalue weighted by molar-refractivity contribution is -0.120. The van der Waals surface area contributed by atoms with Gasteiger partial charge < -0.3 is 5.32 Å². The number of carbonyl (C=O) groups is 1. The number of para-hydroxylation sites is 1. The fourth-order valence-electron chi connectivity index (χ4n) is 3.50. The Kier molecular flexibility index (Phi) is 5.16. The summed E-state index contributed by atoms with van der Waals surface area (Å²) in [4.78, 5) is 17.6. The van der Waals surface area contributed by atoms with Crippen molar-refractivity contribution >= 4 is 16.8 Å². The second kappa shape index (κ2) is 8.05. The van der Waals surface area contributed by atoms with Crippen molar-refractivity contribution in [3.8, 4) is 11.3 Å². The van der Waals surface area contributed by atoms with E-state index in [9.17, 15) is 4.79 Å². The van der Waals surface area contributed by atoms with E-state index in [-0.39, 0.29) is 5.91 Å². The van der Waals surface area contributed by atoms with E-state index in [0.717, 1.165) is 38.9 Å². The highest BCUT2D eigenvalue weighted by atomic mass is 16.1. The standard InChI is InChI=1S/C25H22N2O/c1-18-22(16-24(28)26-17-19-10-4-2-5-11-19)21-14-8-9-15-23(21)27-25(18)20-12-6-3-7-13-20/h2-15H,16-17H2,1H3,(H,26,28). The van der Waals surface area contributed by atoms with Crippen LogP contribution in [0, 0.1) is 6.92 Å². The van der Waals surface area contributed by atoms with Crippen LogP contribution in [0.1, 0.15) is 16.7 Å². The molecule has 0 unspecified atom stereocenters. The Labute approximate surface area is 165 Å². The van der Waals surface area contributed by atoms with Crippen molar-refractivity contribution in [1.82, 2.24) is 10.3 Å². The quantitative estimate of drug-likeness (QED) is 0.536. The van der Waals surface area contributed by atoms with Gasteiger partial charge in [0.15, 0.2) is 0 Å². The van der Waals surface area contributed by atoms with Gasteiger partial charge in [0.1, 0.15) is 0 Å². The Morgan fingerprint density at radius 2 is 1.50 bits per heavy atom. The van der Waals surface area contributed by atoms with Gasteiger partial charge in [-0.05, 0) is 29.7 Å². The molecule has 3 nitrogen and oxygen atoms in total. The molecule has 1 N–H and O–H groups in total. The fraction of sp³-hybridized carbons (Fsp3) is 0.120. The molecule has 1 aromatic heterocycles. The SMILES string of the molecule is Cc1c(-c2ccccc2)nc2ccccc2c1CC(=O)NCc1ccccc1. The van der Waals surface area contributed by atoms with Crippen molar-refractivity contribution in [1.29, 1.82) is 0 Å². The second-order valence-electron chi connectivity index (χ2n) is 6.89. The normalized spacial score (nSPS) is 10.8. The molecule has 4 rings (SSSR count). The minimum absolute atomic E-state index is 0.0160. The Morgan fingerprint density at radius 3 is 2.25 bits per heavy atom. The number of hydrogen-bond acceptors (Lipinski definition) is 2. The lowest BCUT2D eigenvalue weighted by Crippen LogP contribution is -2.25. The summed E-state index contributed by atoms with van der Waals surface area (Å²) in [6, 6.07) is 28.1. The maximum Gasteiger partial charge on any atom is 0.224 e. The zero-order valence-electron chi connectivity index (χ0n) is 15.9. The van der Waals surface area contributed by atoms with E-state index >= 15 is 0 Å². The van der Waals surface area contributed by atoms with Crippen LogP contribution in [-0.4, -0.2) is 10.9 Å². The van der Waals surface area contributed by atoms with Gasteiger partial charge in [-0.3, -0.25) is 4.79 Å². The van der Waals surface area contributed by atoms with Crippen molar-refractivity contribution in [2.75, 3.05) is 0 Å². The predicted octanol–water partition coefficient (Wildman–Crippen LogP) is 5.07. The van der Waals surface area contributed by atoms with Crippen LogP contribution >= 0.6 is 0 Å². The molecule has 138 valence electrons. The van der Waals surface area contributed by atoms with Crippen molar-refractivity contribution in [3.05, 3.63) is 102 Å². The smallest absolute Gasteiger partial charge is 0.224 e. The largest absolute Gasteiger partial charge is 0.352 e. The summed E-state index contributed by atoms with van der Waals surface area (Å²) in [7, 11) is 0. The molecule has 0 fully saturated rings. The molecule has 0 saturated carbocycles. The van der Waals surface area contributed by atoms with Gasteiger partial charge in [0.25, 0.3) is 0 Å². The van der Waals surface area contributed by atoms with Crippen molar-refractivity contribution in [3.63, 3.8) is 0 Å². The van der Waals surface area contributed by atoms with Gasteiger partial charge in [-0.15, -0.1) is 0 Å². The highest BCUT2D eigenvalue weighted by molar-refractivity contribution is 5.91. The van der Waals surface area contributed by atoms with Crippen LogP contribution in [-0.2, 0) is 17.8 Å². The first kappa shape index (κ1) is 17.9. The summed E-state index contributed by atoms with van der Waals surface area (Å²) in [5, 5.41) is 4.08. The number of pyridine rings is 1. The molecule has 0 atom stereocenters. The zero-order chi connectivity index (χ0) is 19.3. The number of carbonyl (C=O) groups excluding carboxylic acids is 1. The molecule has 4 aromatic rings. The number of benzene rings is 3. The summed E-state index contributed by atoms with van der Waals surface area (Å²) >= 11 is 0. The second-order valence-corrected chi connectivity index (χ2v) is 6.89. The summed E-state index contributed by atoms with van der Waals surface area (Å²) in [5.74, 6) is 0.0160. The van der Waals surface area contributed by atoms with E-state index in [1.807, 2.05) is 72.8 Å². The Morgan fingerprint density at radius 1 is 0.857 bits per heavy atom. The van der Waals surface area contributed by atoms with E-state index in [4.69, 9.17) is 4.98 Å². The van der Waals surface area contributed by atoms with Crippen LogP contribution < -0.4 is 5.32 Å². The van der Waals surface area contributed by atoms with Crippen molar-refractivity contribution in [2.45, 2.75) is 19.9 Å². The summed E-state index contributed by atoms with van der Waals surface area (Å²) in [6.07, 6.45) is 0.335. The number of nitrogens with one attached hydrogen (secondary N) is 1. The van der Waals surface area contributed by atoms with E-state index in [0.29, 0.717) is 13.0 Å². The van der Waals surface area contributed by atoms with Crippen LogP contribution in [0.5, 0.6) is 0 Å². The third kappa shape index (κ3) is 3.79. The fourth-order valence-corrected chi connectivity index (χ4v) is 3.50. The molecule has 0 spiro atoms. The molecule has 0 aliphatic rings. The molecule has 0 aliphatic carbocycles. The van der Waals surface area contributed by atoms with Crippen LogP contribution in [0.2, 0.25) is 0 Å². The molecule has 0 saturated heterocycles. The number of fused-ring (bicyclic) bond motifs is 1. The third-order valence-electron chi connectivity index (χ3n) is 4.99. The first-order chi connectivity index (χ1) is 13.7. The molecule has 0 bridgehead atoms. The van der Waals surface area contributed by atoms with Gasteiger partial charge in [0.2, 0.25) is 5.91 Å². The predicted molar refractivity (Wildman–Crippen MR) is 114 cm³/mol. The van der Waals surface area contributed by atoms with Gasteiger partial charge in [-0.2, -0.15) is 0 Å². The van der Waals surface area contributed by atoms with E-state index < -0.39 is 0 Å². The molecular weight excluding hydrogens is 344 g/mol.